The van der Waals surface area contributed by atoms with Crippen molar-refractivity contribution in [3.63, 3.8) is 0 Å². The highest BCUT2D eigenvalue weighted by molar-refractivity contribution is 5.78. The number of hydrogen-bond donors (Lipinski definition) is 3. The molecule has 0 aliphatic rings. The summed E-state index contributed by atoms with van der Waals surface area (Å²) in [5, 5.41) is 15.5. The third kappa shape index (κ3) is 6.70. The maximum absolute atomic E-state index is 13.2. The van der Waals surface area contributed by atoms with Crippen LogP contribution in [0.15, 0.2) is 35.4 Å². The second-order valence-corrected chi connectivity index (χ2v) is 7.67. The first kappa shape index (κ1) is 24.6. The van der Waals surface area contributed by atoms with E-state index in [0.717, 1.165) is 17.5 Å². The third-order valence-electron chi connectivity index (χ3n) is 4.92. The van der Waals surface area contributed by atoms with Crippen LogP contribution in [-0.2, 0) is 11.3 Å². The predicted octanol–water partition coefficient (Wildman–Crippen LogP) is 1.67. The lowest BCUT2D eigenvalue weighted by Gasteiger charge is -2.14. The first-order valence-corrected chi connectivity index (χ1v) is 11.1. The fraction of sp³-hybridized carbons (Fsp3) is 0.478. The molecular formula is C23H32N6O4. The first-order valence-electron chi connectivity index (χ1n) is 11.1. The molecule has 0 fully saturated rings. The summed E-state index contributed by atoms with van der Waals surface area (Å²) >= 11 is 0. The van der Waals surface area contributed by atoms with Crippen molar-refractivity contribution in [3.05, 3.63) is 40.9 Å². The van der Waals surface area contributed by atoms with E-state index in [1.165, 1.54) is 0 Å². The topological polar surface area (TPSA) is 123 Å². The summed E-state index contributed by atoms with van der Waals surface area (Å²) in [5.41, 5.74) is 2.55. The van der Waals surface area contributed by atoms with Gasteiger partial charge in [0.1, 0.15) is 0 Å². The molecule has 1 atom stereocenters. The molecule has 0 bridgehead atoms. The first-order chi connectivity index (χ1) is 16.0. The van der Waals surface area contributed by atoms with E-state index in [1.54, 1.807) is 37.1 Å². The van der Waals surface area contributed by atoms with Crippen LogP contribution in [0.1, 0.15) is 20.3 Å². The lowest BCUT2D eigenvalue weighted by atomic mass is 10.1. The molecule has 0 saturated heterocycles. The molecule has 3 rings (SSSR count). The fourth-order valence-electron chi connectivity index (χ4n) is 3.27. The maximum Gasteiger partial charge on any atom is 0.293 e. The molecule has 0 aliphatic heterocycles. The second kappa shape index (κ2) is 12.2. The van der Waals surface area contributed by atoms with Gasteiger partial charge in [0.15, 0.2) is 11.5 Å². The van der Waals surface area contributed by atoms with E-state index < -0.39 is 6.10 Å². The van der Waals surface area contributed by atoms with Gasteiger partial charge in [-0.25, -0.2) is 15.0 Å². The van der Waals surface area contributed by atoms with Crippen LogP contribution in [0.25, 0.3) is 22.3 Å². The van der Waals surface area contributed by atoms with Gasteiger partial charge in [-0.3, -0.25) is 9.36 Å². The SMILES string of the molecule is CCCOCCn1c(=O)c(NCCNC[C@@H](C)O)nc2ncc(-c3ccc(OC)nc3)cc21. The summed E-state index contributed by atoms with van der Waals surface area (Å²) in [4.78, 5) is 26.4. The number of hydrogen-bond acceptors (Lipinski definition) is 9. The molecule has 3 aromatic heterocycles. The lowest BCUT2D eigenvalue weighted by Crippen LogP contribution is -2.32. The van der Waals surface area contributed by atoms with Crippen molar-refractivity contribution in [2.75, 3.05) is 45.3 Å². The Bertz CT molecular complexity index is 1080. The monoisotopic (exact) mass is 456 g/mol. The van der Waals surface area contributed by atoms with E-state index in [9.17, 15) is 9.90 Å². The number of nitrogens with one attached hydrogen (secondary N) is 2. The molecule has 0 radical (unpaired) electrons. The van der Waals surface area contributed by atoms with E-state index >= 15 is 0 Å². The molecule has 0 aliphatic carbocycles. The Morgan fingerprint density at radius 3 is 2.67 bits per heavy atom. The lowest BCUT2D eigenvalue weighted by molar-refractivity contribution is 0.127. The quantitative estimate of drug-likeness (QED) is 0.330. The predicted molar refractivity (Wildman–Crippen MR) is 128 cm³/mol. The summed E-state index contributed by atoms with van der Waals surface area (Å²) in [5.74, 6) is 0.765. The minimum absolute atomic E-state index is 0.232. The molecule has 178 valence electrons. The van der Waals surface area contributed by atoms with Crippen LogP contribution in [0.3, 0.4) is 0 Å². The Morgan fingerprint density at radius 1 is 1.15 bits per heavy atom. The van der Waals surface area contributed by atoms with Crippen molar-refractivity contribution in [2.45, 2.75) is 32.9 Å². The van der Waals surface area contributed by atoms with Crippen LogP contribution >= 0.6 is 0 Å². The average Bonchev–Trinajstić information content (AvgIpc) is 2.82. The van der Waals surface area contributed by atoms with Gasteiger partial charge in [-0.2, -0.15) is 0 Å². The van der Waals surface area contributed by atoms with Gasteiger partial charge in [-0.15, -0.1) is 0 Å². The number of aliphatic hydroxyl groups is 1. The summed E-state index contributed by atoms with van der Waals surface area (Å²) in [6.45, 7) is 6.75. The van der Waals surface area contributed by atoms with Crippen LogP contribution in [0.4, 0.5) is 5.82 Å². The van der Waals surface area contributed by atoms with Gasteiger partial charge < -0.3 is 25.2 Å². The molecule has 3 heterocycles. The van der Waals surface area contributed by atoms with Crippen molar-refractivity contribution in [3.8, 4) is 17.0 Å². The summed E-state index contributed by atoms with van der Waals surface area (Å²) < 4.78 is 12.4. The molecule has 3 N–H and O–H groups in total. The number of pyridine rings is 2. The minimum atomic E-state index is -0.427. The maximum atomic E-state index is 13.2. The average molecular weight is 457 g/mol. The van der Waals surface area contributed by atoms with Gasteiger partial charge in [0, 0.05) is 62.4 Å². The third-order valence-corrected chi connectivity index (χ3v) is 4.92. The number of rotatable bonds is 13. The van der Waals surface area contributed by atoms with Crippen molar-refractivity contribution < 1.29 is 14.6 Å². The molecule has 0 spiro atoms. The van der Waals surface area contributed by atoms with Gasteiger partial charge >= 0.3 is 0 Å². The van der Waals surface area contributed by atoms with E-state index in [-0.39, 0.29) is 11.4 Å². The van der Waals surface area contributed by atoms with Crippen LogP contribution < -0.4 is 20.9 Å². The van der Waals surface area contributed by atoms with Gasteiger partial charge in [0.2, 0.25) is 5.88 Å². The minimum Gasteiger partial charge on any atom is -0.481 e. The zero-order valence-electron chi connectivity index (χ0n) is 19.4. The summed E-state index contributed by atoms with van der Waals surface area (Å²) in [6, 6.07) is 5.57. The van der Waals surface area contributed by atoms with Gasteiger partial charge in [-0.05, 0) is 25.5 Å². The Kier molecular flexibility index (Phi) is 9.11. The Balaban J connectivity index is 1.90. The number of ether oxygens (including phenoxy) is 2. The molecular weight excluding hydrogens is 424 g/mol. The zero-order chi connectivity index (χ0) is 23.6. The standard InChI is InChI=1S/C23H32N6O4/c1-4-10-33-11-9-29-19-12-18(17-5-6-20(32-3)26-14-17)15-27-21(19)28-22(23(29)31)25-8-7-24-13-16(2)30/h5-6,12,14-16,24,30H,4,7-11,13H2,1-3H3,(H,25,27,28)/t16-/m1/s1. The van der Waals surface area contributed by atoms with Crippen molar-refractivity contribution in [1.29, 1.82) is 0 Å². The number of methoxy groups -OCH3 is 1. The second-order valence-electron chi connectivity index (χ2n) is 7.67. The van der Waals surface area contributed by atoms with Crippen LogP contribution in [0, 0.1) is 0 Å². The summed E-state index contributed by atoms with van der Waals surface area (Å²) in [6.07, 6.45) is 3.91. The normalized spacial score (nSPS) is 12.1. The Labute approximate surface area is 193 Å². The molecule has 0 amide bonds. The number of nitrogens with zero attached hydrogens (tertiary/aromatic N) is 4. The largest absolute Gasteiger partial charge is 0.481 e. The number of fused-ring (bicyclic) bond motifs is 1. The van der Waals surface area contributed by atoms with E-state index in [1.807, 2.05) is 19.1 Å². The molecule has 10 nitrogen and oxygen atoms in total. The molecule has 0 aromatic carbocycles. The van der Waals surface area contributed by atoms with Gasteiger partial charge in [0.25, 0.3) is 5.56 Å². The van der Waals surface area contributed by atoms with Crippen molar-refractivity contribution >= 4 is 17.0 Å². The fourth-order valence-corrected chi connectivity index (χ4v) is 3.27. The zero-order valence-corrected chi connectivity index (χ0v) is 19.4. The van der Waals surface area contributed by atoms with E-state index in [2.05, 4.69) is 25.6 Å². The Morgan fingerprint density at radius 2 is 1.97 bits per heavy atom. The molecule has 10 heteroatoms. The molecule has 33 heavy (non-hydrogen) atoms. The molecule has 0 unspecified atom stereocenters. The van der Waals surface area contributed by atoms with Gasteiger partial charge in [0.05, 0.1) is 25.3 Å². The molecule has 0 saturated carbocycles. The molecule has 3 aromatic rings. The summed E-state index contributed by atoms with van der Waals surface area (Å²) in [7, 11) is 1.57. The highest BCUT2D eigenvalue weighted by Gasteiger charge is 2.13. The van der Waals surface area contributed by atoms with E-state index in [4.69, 9.17) is 9.47 Å². The highest BCUT2D eigenvalue weighted by Crippen LogP contribution is 2.23. The smallest absolute Gasteiger partial charge is 0.293 e. The number of anilines is 1. The van der Waals surface area contributed by atoms with E-state index in [0.29, 0.717) is 56.4 Å². The number of aromatic nitrogens is 4. The van der Waals surface area contributed by atoms with Crippen LogP contribution in [0.2, 0.25) is 0 Å². The number of aliphatic hydroxyl groups excluding tert-OH is 1. The Hall–Kier alpha value is -3.08. The van der Waals surface area contributed by atoms with Crippen LogP contribution in [0.5, 0.6) is 5.88 Å². The van der Waals surface area contributed by atoms with Crippen molar-refractivity contribution in [1.82, 2.24) is 24.8 Å². The van der Waals surface area contributed by atoms with Gasteiger partial charge in [-0.1, -0.05) is 6.92 Å². The van der Waals surface area contributed by atoms with Crippen LogP contribution in [-0.4, -0.2) is 70.7 Å². The highest BCUT2D eigenvalue weighted by atomic mass is 16.5. The van der Waals surface area contributed by atoms with Crippen molar-refractivity contribution in [2.24, 2.45) is 0 Å².